The van der Waals surface area contributed by atoms with Gasteiger partial charge < -0.3 is 10.0 Å². The van der Waals surface area contributed by atoms with Crippen molar-refractivity contribution in [3.8, 4) is 5.75 Å². The van der Waals surface area contributed by atoms with Gasteiger partial charge in [-0.25, -0.2) is 0 Å². The van der Waals surface area contributed by atoms with Gasteiger partial charge in [-0.1, -0.05) is 32.9 Å². The predicted molar refractivity (Wildman–Crippen MR) is 83.2 cm³/mol. The van der Waals surface area contributed by atoms with Gasteiger partial charge in [-0.05, 0) is 50.7 Å². The zero-order valence-electron chi connectivity index (χ0n) is 13.1. The minimum Gasteiger partial charge on any atom is -0.508 e. The second kappa shape index (κ2) is 7.44. The topological polar surface area (TPSA) is 40.5 Å². The number of benzene rings is 1. The Hall–Kier alpha value is -1.35. The molecule has 1 aromatic carbocycles. The molecule has 0 atom stereocenters. The van der Waals surface area contributed by atoms with Gasteiger partial charge in [0.15, 0.2) is 0 Å². The van der Waals surface area contributed by atoms with Gasteiger partial charge in [0.25, 0.3) is 0 Å². The zero-order valence-corrected chi connectivity index (χ0v) is 13.1. The molecule has 0 saturated carbocycles. The van der Waals surface area contributed by atoms with Crippen molar-refractivity contribution < 1.29 is 9.90 Å². The lowest BCUT2D eigenvalue weighted by atomic mass is 9.69. The van der Waals surface area contributed by atoms with Crippen LogP contribution in [0.15, 0.2) is 24.3 Å². The van der Waals surface area contributed by atoms with Crippen LogP contribution in [0.2, 0.25) is 0 Å². The molecule has 1 aromatic rings. The van der Waals surface area contributed by atoms with Crippen LogP contribution in [0.4, 0.5) is 0 Å². The van der Waals surface area contributed by atoms with Crippen LogP contribution in [-0.2, 0) is 10.2 Å². The fraction of sp³-hybridized carbons (Fsp3) is 0.588. The van der Waals surface area contributed by atoms with E-state index in [0.29, 0.717) is 12.2 Å². The second-order valence-electron chi connectivity index (χ2n) is 5.21. The van der Waals surface area contributed by atoms with Crippen molar-refractivity contribution in [2.24, 2.45) is 0 Å². The molecule has 112 valence electrons. The first-order chi connectivity index (χ1) is 9.58. The molecule has 3 nitrogen and oxygen atoms in total. The van der Waals surface area contributed by atoms with E-state index in [4.69, 9.17) is 0 Å². The van der Waals surface area contributed by atoms with Gasteiger partial charge in [-0.3, -0.25) is 4.79 Å². The first kappa shape index (κ1) is 16.7. The van der Waals surface area contributed by atoms with Crippen LogP contribution in [0.25, 0.3) is 0 Å². The van der Waals surface area contributed by atoms with E-state index in [9.17, 15) is 9.90 Å². The SMILES string of the molecule is CC.CCC(=O)C1(c2cccc(O)c2)CCN(C)CC1. The van der Waals surface area contributed by atoms with Crippen molar-refractivity contribution >= 4 is 5.78 Å². The molecule has 1 aliphatic heterocycles. The molecular formula is C17H27NO2. The fourth-order valence-corrected chi connectivity index (χ4v) is 2.87. The van der Waals surface area contributed by atoms with E-state index in [1.54, 1.807) is 12.1 Å². The number of piperidine rings is 1. The summed E-state index contributed by atoms with van der Waals surface area (Å²) in [6.45, 7) is 7.79. The number of carbonyl (C=O) groups is 1. The normalized spacial score (nSPS) is 18.0. The highest BCUT2D eigenvalue weighted by molar-refractivity contribution is 5.90. The number of likely N-dealkylation sites (tertiary alicyclic amines) is 1. The molecule has 20 heavy (non-hydrogen) atoms. The number of ketones is 1. The maximum atomic E-state index is 12.4. The van der Waals surface area contributed by atoms with Gasteiger partial charge in [0.2, 0.25) is 0 Å². The predicted octanol–water partition coefficient (Wildman–Crippen LogP) is 3.36. The van der Waals surface area contributed by atoms with Gasteiger partial charge >= 0.3 is 0 Å². The van der Waals surface area contributed by atoms with E-state index in [-0.39, 0.29) is 11.2 Å². The average molecular weight is 277 g/mol. The number of Topliss-reactive ketones (excluding diaryl/α,β-unsaturated/α-hetero) is 1. The largest absolute Gasteiger partial charge is 0.508 e. The number of hydrogen-bond donors (Lipinski definition) is 1. The van der Waals surface area contributed by atoms with Crippen LogP contribution in [0, 0.1) is 0 Å². The summed E-state index contributed by atoms with van der Waals surface area (Å²) in [4.78, 5) is 14.7. The monoisotopic (exact) mass is 277 g/mol. The Balaban J connectivity index is 0.000000956. The van der Waals surface area contributed by atoms with Crippen LogP contribution in [-0.4, -0.2) is 35.9 Å². The maximum absolute atomic E-state index is 12.4. The Morgan fingerprint density at radius 2 is 1.90 bits per heavy atom. The van der Waals surface area contributed by atoms with Gasteiger partial charge in [-0.15, -0.1) is 0 Å². The molecular weight excluding hydrogens is 250 g/mol. The molecule has 1 saturated heterocycles. The maximum Gasteiger partial charge on any atom is 0.143 e. The molecule has 0 spiro atoms. The Bertz CT molecular complexity index is 434. The molecule has 3 heteroatoms. The van der Waals surface area contributed by atoms with Crippen LogP contribution >= 0.6 is 0 Å². The lowest BCUT2D eigenvalue weighted by Crippen LogP contribution is -2.45. The van der Waals surface area contributed by atoms with E-state index in [1.165, 1.54) is 0 Å². The highest BCUT2D eigenvalue weighted by atomic mass is 16.3. The van der Waals surface area contributed by atoms with Crippen molar-refractivity contribution in [1.82, 2.24) is 4.90 Å². The Labute approximate surface area is 122 Å². The lowest BCUT2D eigenvalue weighted by Gasteiger charge is -2.40. The minimum absolute atomic E-state index is 0.245. The van der Waals surface area contributed by atoms with Crippen LogP contribution in [0.5, 0.6) is 5.75 Å². The van der Waals surface area contributed by atoms with E-state index in [1.807, 2.05) is 32.9 Å². The number of phenols is 1. The summed E-state index contributed by atoms with van der Waals surface area (Å²) in [5.41, 5.74) is 0.586. The Morgan fingerprint density at radius 3 is 2.40 bits per heavy atom. The standard InChI is InChI=1S/C15H21NO2.C2H6/c1-3-14(18)15(7-9-16(2)10-8-15)12-5-4-6-13(17)11-12;1-2/h4-6,11,17H,3,7-10H2,1-2H3;1-2H3. The second-order valence-corrected chi connectivity index (χ2v) is 5.21. The molecule has 1 fully saturated rings. The molecule has 1 aliphatic rings. The van der Waals surface area contributed by atoms with Crippen molar-refractivity contribution in [3.05, 3.63) is 29.8 Å². The van der Waals surface area contributed by atoms with E-state index in [2.05, 4.69) is 11.9 Å². The van der Waals surface area contributed by atoms with E-state index >= 15 is 0 Å². The van der Waals surface area contributed by atoms with Crippen molar-refractivity contribution in [2.75, 3.05) is 20.1 Å². The number of phenolic OH excluding ortho intramolecular Hbond substituents is 1. The van der Waals surface area contributed by atoms with Crippen molar-refractivity contribution in [2.45, 2.75) is 45.4 Å². The average Bonchev–Trinajstić information content (AvgIpc) is 2.49. The number of carbonyl (C=O) groups excluding carboxylic acids is 1. The van der Waals surface area contributed by atoms with Crippen LogP contribution in [0.3, 0.4) is 0 Å². The molecule has 0 bridgehead atoms. The van der Waals surface area contributed by atoms with Gasteiger partial charge in [-0.2, -0.15) is 0 Å². The minimum atomic E-state index is -0.389. The van der Waals surface area contributed by atoms with E-state index in [0.717, 1.165) is 31.5 Å². The molecule has 0 radical (unpaired) electrons. The first-order valence-electron chi connectivity index (χ1n) is 7.60. The third-order valence-electron chi connectivity index (χ3n) is 4.09. The number of nitrogens with zero attached hydrogens (tertiary/aromatic N) is 1. The van der Waals surface area contributed by atoms with Crippen molar-refractivity contribution in [1.29, 1.82) is 0 Å². The number of rotatable bonds is 3. The smallest absolute Gasteiger partial charge is 0.143 e. The van der Waals surface area contributed by atoms with Gasteiger partial charge in [0.05, 0.1) is 5.41 Å². The number of hydrogen-bond acceptors (Lipinski definition) is 3. The molecule has 2 rings (SSSR count). The molecule has 1 N–H and O–H groups in total. The zero-order chi connectivity index (χ0) is 15.2. The summed E-state index contributed by atoms with van der Waals surface area (Å²) >= 11 is 0. The summed E-state index contributed by atoms with van der Waals surface area (Å²) in [7, 11) is 2.09. The van der Waals surface area contributed by atoms with Gasteiger partial charge in [0, 0.05) is 6.42 Å². The summed E-state index contributed by atoms with van der Waals surface area (Å²) in [6.07, 6.45) is 2.25. The summed E-state index contributed by atoms with van der Waals surface area (Å²) in [6, 6.07) is 7.20. The summed E-state index contributed by atoms with van der Waals surface area (Å²) < 4.78 is 0. The number of aromatic hydroxyl groups is 1. The molecule has 0 aliphatic carbocycles. The Morgan fingerprint density at radius 1 is 1.30 bits per heavy atom. The molecule has 0 amide bonds. The van der Waals surface area contributed by atoms with Crippen LogP contribution < -0.4 is 0 Å². The molecule has 0 unspecified atom stereocenters. The summed E-state index contributed by atoms with van der Waals surface area (Å²) in [5, 5.41) is 9.64. The highest BCUT2D eigenvalue weighted by Gasteiger charge is 2.40. The fourth-order valence-electron chi connectivity index (χ4n) is 2.87. The quantitative estimate of drug-likeness (QED) is 0.921. The summed E-state index contributed by atoms with van der Waals surface area (Å²) in [5.74, 6) is 0.538. The third kappa shape index (κ3) is 3.40. The Kier molecular flexibility index (Phi) is 6.21. The van der Waals surface area contributed by atoms with E-state index < -0.39 is 0 Å². The third-order valence-corrected chi connectivity index (χ3v) is 4.09. The molecule has 0 aromatic heterocycles. The van der Waals surface area contributed by atoms with Crippen molar-refractivity contribution in [3.63, 3.8) is 0 Å². The van der Waals surface area contributed by atoms with Crippen LogP contribution in [0.1, 0.15) is 45.6 Å². The highest BCUT2D eigenvalue weighted by Crippen LogP contribution is 2.38. The lowest BCUT2D eigenvalue weighted by molar-refractivity contribution is -0.126. The first-order valence-corrected chi connectivity index (χ1v) is 7.60. The molecule has 1 heterocycles. The van der Waals surface area contributed by atoms with Gasteiger partial charge in [0.1, 0.15) is 11.5 Å².